The maximum Gasteiger partial charge on any atom is 0.208 e. The number of hydrogen-bond acceptors (Lipinski definition) is 4. The fourth-order valence-corrected chi connectivity index (χ4v) is 2.70. The zero-order valence-corrected chi connectivity index (χ0v) is 10.1. The van der Waals surface area contributed by atoms with Crippen molar-refractivity contribution in [1.29, 1.82) is 0 Å². The third-order valence-electron chi connectivity index (χ3n) is 2.63. The lowest BCUT2D eigenvalue weighted by molar-refractivity contribution is 0.519. The highest BCUT2D eigenvalue weighted by Gasteiger charge is 2.30. The molecule has 2 N–H and O–H groups in total. The number of aromatic nitrogens is 3. The van der Waals surface area contributed by atoms with Crippen LogP contribution < -0.4 is 5.32 Å². The van der Waals surface area contributed by atoms with Crippen molar-refractivity contribution in [3.8, 4) is 0 Å². The average molecular weight is 226 g/mol. The average Bonchev–Trinajstić information content (AvgIpc) is 2.97. The van der Waals surface area contributed by atoms with Crippen molar-refractivity contribution in [2.24, 2.45) is 5.92 Å². The molecule has 4 nitrogen and oxygen atoms in total. The maximum atomic E-state index is 4.29. The van der Waals surface area contributed by atoms with Gasteiger partial charge in [0.15, 0.2) is 0 Å². The normalized spacial score (nSPS) is 18.0. The van der Waals surface area contributed by atoms with E-state index in [1.807, 2.05) is 6.92 Å². The number of thioether (sulfide) groups is 1. The van der Waals surface area contributed by atoms with Crippen molar-refractivity contribution in [3.63, 3.8) is 0 Å². The second kappa shape index (κ2) is 4.99. The van der Waals surface area contributed by atoms with E-state index in [1.165, 1.54) is 12.8 Å². The number of rotatable bonds is 6. The lowest BCUT2D eigenvalue weighted by Crippen LogP contribution is -2.33. The van der Waals surface area contributed by atoms with E-state index in [9.17, 15) is 0 Å². The first kappa shape index (κ1) is 11.0. The van der Waals surface area contributed by atoms with Gasteiger partial charge >= 0.3 is 0 Å². The molecule has 1 aliphatic rings. The molecule has 5 heteroatoms. The van der Waals surface area contributed by atoms with Gasteiger partial charge in [-0.05, 0) is 32.2 Å². The van der Waals surface area contributed by atoms with Crippen LogP contribution in [0.4, 0.5) is 0 Å². The number of hydrogen-bond donors (Lipinski definition) is 2. The van der Waals surface area contributed by atoms with Crippen molar-refractivity contribution in [2.75, 3.05) is 12.3 Å². The summed E-state index contributed by atoms with van der Waals surface area (Å²) in [4.78, 5) is 4.29. The fourth-order valence-electron chi connectivity index (χ4n) is 1.67. The van der Waals surface area contributed by atoms with Crippen LogP contribution in [0.15, 0.2) is 5.16 Å². The zero-order chi connectivity index (χ0) is 10.7. The van der Waals surface area contributed by atoms with Gasteiger partial charge in [0.25, 0.3) is 0 Å². The number of nitrogens with zero attached hydrogens (tertiary/aromatic N) is 2. The van der Waals surface area contributed by atoms with Gasteiger partial charge in [0.2, 0.25) is 5.16 Å². The molecule has 15 heavy (non-hydrogen) atoms. The minimum absolute atomic E-state index is 0.638. The van der Waals surface area contributed by atoms with E-state index in [-0.39, 0.29) is 0 Å². The van der Waals surface area contributed by atoms with Crippen LogP contribution in [0.5, 0.6) is 0 Å². The van der Waals surface area contributed by atoms with Crippen LogP contribution in [0.25, 0.3) is 0 Å². The Kier molecular flexibility index (Phi) is 3.64. The number of aromatic amines is 1. The summed E-state index contributed by atoms with van der Waals surface area (Å²) < 4.78 is 0. The minimum Gasteiger partial charge on any atom is -0.313 e. The molecule has 0 saturated heterocycles. The molecule has 0 aromatic carbocycles. The van der Waals surface area contributed by atoms with Gasteiger partial charge in [-0.2, -0.15) is 0 Å². The molecule has 1 aromatic rings. The molecule has 2 rings (SSSR count). The SMILES string of the molecule is CCNC(CSc1n[nH]c(C)n1)C1CC1. The fraction of sp³-hybridized carbons (Fsp3) is 0.800. The molecule has 1 atom stereocenters. The summed E-state index contributed by atoms with van der Waals surface area (Å²) in [6.45, 7) is 5.14. The van der Waals surface area contributed by atoms with E-state index < -0.39 is 0 Å². The first-order valence-corrected chi connectivity index (χ1v) is 6.53. The second-order valence-electron chi connectivity index (χ2n) is 4.02. The van der Waals surface area contributed by atoms with Crippen LogP contribution >= 0.6 is 11.8 Å². The van der Waals surface area contributed by atoms with E-state index >= 15 is 0 Å². The summed E-state index contributed by atoms with van der Waals surface area (Å²) in [5.74, 6) is 2.86. The molecule has 0 aliphatic heterocycles. The first-order valence-electron chi connectivity index (χ1n) is 5.54. The van der Waals surface area contributed by atoms with Gasteiger partial charge in [-0.25, -0.2) is 4.98 Å². The molecule has 0 radical (unpaired) electrons. The van der Waals surface area contributed by atoms with Gasteiger partial charge in [0, 0.05) is 11.8 Å². The molecule has 1 heterocycles. The summed E-state index contributed by atoms with van der Waals surface area (Å²) in [7, 11) is 0. The third-order valence-corrected chi connectivity index (χ3v) is 3.59. The Hall–Kier alpha value is -0.550. The van der Waals surface area contributed by atoms with Crippen LogP contribution in [-0.4, -0.2) is 33.5 Å². The highest BCUT2D eigenvalue weighted by molar-refractivity contribution is 7.99. The molecule has 0 bridgehead atoms. The van der Waals surface area contributed by atoms with Crippen molar-refractivity contribution in [1.82, 2.24) is 20.5 Å². The van der Waals surface area contributed by atoms with Crippen LogP contribution in [0.2, 0.25) is 0 Å². The summed E-state index contributed by atoms with van der Waals surface area (Å²) in [5.41, 5.74) is 0. The van der Waals surface area contributed by atoms with Gasteiger partial charge in [0.1, 0.15) is 5.82 Å². The molecule has 1 fully saturated rings. The van der Waals surface area contributed by atoms with Crippen LogP contribution in [-0.2, 0) is 0 Å². The molecule has 0 amide bonds. The number of H-pyrrole nitrogens is 1. The minimum atomic E-state index is 0.638. The van der Waals surface area contributed by atoms with Crippen LogP contribution in [0.1, 0.15) is 25.6 Å². The Morgan fingerprint density at radius 3 is 2.93 bits per heavy atom. The third kappa shape index (κ3) is 3.21. The van der Waals surface area contributed by atoms with E-state index in [0.717, 1.165) is 29.2 Å². The lowest BCUT2D eigenvalue weighted by Gasteiger charge is -2.15. The highest BCUT2D eigenvalue weighted by atomic mass is 32.2. The molecular weight excluding hydrogens is 208 g/mol. The molecule has 1 aliphatic carbocycles. The lowest BCUT2D eigenvalue weighted by atomic mass is 10.2. The molecule has 84 valence electrons. The Balaban J connectivity index is 1.79. The molecular formula is C10H18N4S. The monoisotopic (exact) mass is 226 g/mol. The van der Waals surface area contributed by atoms with Gasteiger partial charge in [-0.15, -0.1) is 5.10 Å². The van der Waals surface area contributed by atoms with Gasteiger partial charge in [-0.1, -0.05) is 18.7 Å². The van der Waals surface area contributed by atoms with Crippen LogP contribution in [0, 0.1) is 12.8 Å². The quantitative estimate of drug-likeness (QED) is 0.723. The standard InChI is InChI=1S/C10H18N4S/c1-3-11-9(8-4-5-8)6-15-10-12-7(2)13-14-10/h8-9,11H,3-6H2,1-2H3,(H,12,13,14). The molecule has 1 saturated carbocycles. The Morgan fingerprint density at radius 2 is 2.40 bits per heavy atom. The van der Waals surface area contributed by atoms with E-state index in [4.69, 9.17) is 0 Å². The van der Waals surface area contributed by atoms with E-state index in [0.29, 0.717) is 6.04 Å². The zero-order valence-electron chi connectivity index (χ0n) is 9.29. The topological polar surface area (TPSA) is 53.6 Å². The second-order valence-corrected chi connectivity index (χ2v) is 5.00. The van der Waals surface area contributed by atoms with E-state index in [1.54, 1.807) is 11.8 Å². The smallest absolute Gasteiger partial charge is 0.208 e. The maximum absolute atomic E-state index is 4.29. The Morgan fingerprint density at radius 1 is 1.60 bits per heavy atom. The van der Waals surface area contributed by atoms with Crippen molar-refractivity contribution < 1.29 is 0 Å². The first-order chi connectivity index (χ1) is 7.29. The van der Waals surface area contributed by atoms with Crippen molar-refractivity contribution >= 4 is 11.8 Å². The largest absolute Gasteiger partial charge is 0.313 e. The van der Waals surface area contributed by atoms with E-state index in [2.05, 4.69) is 27.4 Å². The molecule has 1 unspecified atom stereocenters. The van der Waals surface area contributed by atoms with Crippen LogP contribution in [0.3, 0.4) is 0 Å². The Bertz CT molecular complexity index is 308. The predicted molar refractivity (Wildman–Crippen MR) is 62.0 cm³/mol. The molecule has 0 spiro atoms. The van der Waals surface area contributed by atoms with Crippen molar-refractivity contribution in [2.45, 2.75) is 37.9 Å². The summed E-state index contributed by atoms with van der Waals surface area (Å²) in [6.07, 6.45) is 2.76. The summed E-state index contributed by atoms with van der Waals surface area (Å²) >= 11 is 1.74. The number of aryl methyl sites for hydroxylation is 1. The summed E-state index contributed by atoms with van der Waals surface area (Å²) in [6, 6.07) is 0.638. The predicted octanol–water partition coefficient (Wildman–Crippen LogP) is 1.59. The number of nitrogens with one attached hydrogen (secondary N) is 2. The van der Waals surface area contributed by atoms with Gasteiger partial charge in [0.05, 0.1) is 0 Å². The van der Waals surface area contributed by atoms with Crippen molar-refractivity contribution in [3.05, 3.63) is 5.82 Å². The van der Waals surface area contributed by atoms with Gasteiger partial charge in [-0.3, -0.25) is 5.10 Å². The highest BCUT2D eigenvalue weighted by Crippen LogP contribution is 2.34. The molecule has 1 aromatic heterocycles. The summed E-state index contributed by atoms with van der Waals surface area (Å²) in [5, 5.41) is 11.4. The Labute approximate surface area is 94.6 Å². The van der Waals surface area contributed by atoms with Gasteiger partial charge < -0.3 is 5.32 Å².